The molecule has 7 rings (SSSR count). The van der Waals surface area contributed by atoms with E-state index in [9.17, 15) is 84.9 Å². The SMILES string of the molecule is O=C(O)c1cc(O)c(O)c(OC(=O)c2cc(O)c(O)c(OC(=O)c3cc(O)c(O)c(OC(=O)c4cc(O)c(O)c(OC(=O)c5cc(O)c(O)c(OC(=O)c6cc(CCc7ccccc7)c[nH]6)c5)c4)c3)c2)c1. The number of rotatable bonds is 14. The van der Waals surface area contributed by atoms with Crippen molar-refractivity contribution < 1.29 is 109 Å². The summed E-state index contributed by atoms with van der Waals surface area (Å²) in [6, 6.07) is 17.6. The molecule has 12 N–H and O–H groups in total. The third-order valence-corrected chi connectivity index (χ3v) is 9.99. The quantitative estimate of drug-likeness (QED) is 0.0356. The Balaban J connectivity index is 1.05. The van der Waals surface area contributed by atoms with Crippen LogP contribution in [-0.2, 0) is 12.8 Å². The summed E-state index contributed by atoms with van der Waals surface area (Å²) < 4.78 is 25.5. The van der Waals surface area contributed by atoms with E-state index >= 15 is 0 Å². The second-order valence-corrected chi connectivity index (χ2v) is 14.9. The standard InChI is InChI=1S/C48H33NO22/c50-28-9-22(43(60)61)14-33(38(28)55)67-44(62)23-10-29(51)39(56)34(15-23)68-45(63)24-11-30(52)40(57)35(16-24)69-46(64)25-12-31(53)41(58)36(17-25)70-47(65)26-13-32(54)42(59)37(18-26)71-48(66)27-8-21(19-49-27)7-6-20-4-2-1-3-5-20/h1-5,8-19,49-59H,6-7H2,(H,60,61). The monoisotopic (exact) mass is 975 g/mol. The number of phenols is 10. The summed E-state index contributed by atoms with van der Waals surface area (Å²) in [7, 11) is 0. The molecule has 71 heavy (non-hydrogen) atoms. The van der Waals surface area contributed by atoms with Gasteiger partial charge in [-0.3, -0.25) is 0 Å². The van der Waals surface area contributed by atoms with Crippen LogP contribution >= 0.6 is 0 Å². The van der Waals surface area contributed by atoms with Gasteiger partial charge >= 0.3 is 35.8 Å². The van der Waals surface area contributed by atoms with Gasteiger partial charge in [-0.05, 0) is 90.7 Å². The van der Waals surface area contributed by atoms with E-state index in [2.05, 4.69) is 4.98 Å². The molecular weight excluding hydrogens is 943 g/mol. The number of H-pyrrole nitrogens is 1. The van der Waals surface area contributed by atoms with E-state index in [4.69, 9.17) is 23.7 Å². The molecule has 0 atom stereocenters. The van der Waals surface area contributed by atoms with Gasteiger partial charge in [0.25, 0.3) is 0 Å². The van der Waals surface area contributed by atoms with Crippen LogP contribution in [0.2, 0.25) is 0 Å². The summed E-state index contributed by atoms with van der Waals surface area (Å²) >= 11 is 0. The molecular formula is C48H33NO22. The van der Waals surface area contributed by atoms with Gasteiger partial charge in [-0.1, -0.05) is 30.3 Å². The average Bonchev–Trinajstić information content (AvgIpc) is 3.82. The fraction of sp³-hybridized carbons (Fsp3) is 0.0417. The molecule has 6 aromatic carbocycles. The number of carbonyl (C=O) groups is 6. The fourth-order valence-electron chi connectivity index (χ4n) is 6.37. The molecule has 23 heteroatoms. The Morgan fingerprint density at radius 3 is 1.00 bits per heavy atom. The summed E-state index contributed by atoms with van der Waals surface area (Å²) in [6.07, 6.45) is 2.79. The summed E-state index contributed by atoms with van der Waals surface area (Å²) in [5.74, 6) is -23.4. The van der Waals surface area contributed by atoms with E-state index in [-0.39, 0.29) is 5.69 Å². The molecule has 0 aliphatic carbocycles. The first-order chi connectivity index (χ1) is 33.7. The lowest BCUT2D eigenvalue weighted by molar-refractivity contribution is 0.0684. The van der Waals surface area contributed by atoms with Gasteiger partial charge in [-0.2, -0.15) is 0 Å². The highest BCUT2D eigenvalue weighted by Gasteiger charge is 2.27. The maximum Gasteiger partial charge on any atom is 0.360 e. The molecule has 23 nitrogen and oxygen atoms in total. The zero-order valence-corrected chi connectivity index (χ0v) is 35.6. The van der Waals surface area contributed by atoms with Crippen molar-refractivity contribution in [2.45, 2.75) is 12.8 Å². The normalized spacial score (nSPS) is 10.8. The molecule has 0 fully saturated rings. The van der Waals surface area contributed by atoms with Gasteiger partial charge in [0.2, 0.25) is 28.7 Å². The van der Waals surface area contributed by atoms with Crippen LogP contribution in [0.1, 0.15) is 73.4 Å². The van der Waals surface area contributed by atoms with Gasteiger partial charge < -0.3 is 84.8 Å². The Bertz CT molecular complexity index is 3320. The number of aromatic carboxylic acids is 1. The van der Waals surface area contributed by atoms with Crippen molar-refractivity contribution in [3.63, 3.8) is 0 Å². The number of ether oxygens (including phenoxy) is 5. The Morgan fingerprint density at radius 1 is 0.366 bits per heavy atom. The van der Waals surface area contributed by atoms with Crippen LogP contribution in [-0.4, -0.2) is 97.0 Å². The van der Waals surface area contributed by atoms with Crippen LogP contribution in [0.5, 0.6) is 86.2 Å². The van der Waals surface area contributed by atoms with Crippen molar-refractivity contribution in [3.8, 4) is 86.2 Å². The lowest BCUT2D eigenvalue weighted by Crippen LogP contribution is -2.14. The summed E-state index contributed by atoms with van der Waals surface area (Å²) in [5, 5.41) is 113. The number of hydrogen-bond donors (Lipinski definition) is 12. The van der Waals surface area contributed by atoms with Crippen molar-refractivity contribution in [1.29, 1.82) is 0 Å². The average molecular weight is 976 g/mol. The summed E-state index contributed by atoms with van der Waals surface area (Å²) in [6.45, 7) is 0. The van der Waals surface area contributed by atoms with Crippen LogP contribution < -0.4 is 23.7 Å². The van der Waals surface area contributed by atoms with E-state index in [0.29, 0.717) is 67.4 Å². The Kier molecular flexibility index (Phi) is 13.4. The van der Waals surface area contributed by atoms with E-state index in [1.54, 1.807) is 6.20 Å². The molecule has 0 amide bonds. The number of aromatic amines is 1. The number of phenolic OH excluding ortho intramolecular Hbond substituents is 10. The van der Waals surface area contributed by atoms with Gasteiger partial charge in [0.15, 0.2) is 57.5 Å². The van der Waals surface area contributed by atoms with Crippen LogP contribution in [0, 0.1) is 0 Å². The minimum Gasteiger partial charge on any atom is -0.504 e. The summed E-state index contributed by atoms with van der Waals surface area (Å²) in [5.41, 5.74) is -1.56. The molecule has 0 spiro atoms. The Morgan fingerprint density at radius 2 is 0.662 bits per heavy atom. The molecule has 0 bridgehead atoms. The highest BCUT2D eigenvalue weighted by Crippen LogP contribution is 2.43. The predicted molar refractivity (Wildman–Crippen MR) is 235 cm³/mol. The molecule has 362 valence electrons. The number of benzene rings is 6. The lowest BCUT2D eigenvalue weighted by Gasteiger charge is -2.13. The molecule has 1 heterocycles. The van der Waals surface area contributed by atoms with Gasteiger partial charge in [0.1, 0.15) is 5.69 Å². The third-order valence-electron chi connectivity index (χ3n) is 9.99. The maximum absolute atomic E-state index is 13.3. The van der Waals surface area contributed by atoms with Gasteiger partial charge in [0.05, 0.1) is 27.8 Å². The van der Waals surface area contributed by atoms with E-state index < -0.39 is 150 Å². The number of nitrogens with one attached hydrogen (secondary N) is 1. The van der Waals surface area contributed by atoms with Crippen molar-refractivity contribution in [2.24, 2.45) is 0 Å². The maximum atomic E-state index is 13.3. The zero-order valence-electron chi connectivity index (χ0n) is 35.6. The zero-order chi connectivity index (χ0) is 51.4. The first-order valence-corrected chi connectivity index (χ1v) is 20.0. The second-order valence-electron chi connectivity index (χ2n) is 14.9. The third kappa shape index (κ3) is 10.7. The number of hydrogen-bond acceptors (Lipinski definition) is 21. The molecule has 1 aromatic heterocycles. The molecule has 0 saturated heterocycles. The minimum absolute atomic E-state index is 0.0405. The molecule has 0 saturated carbocycles. The number of carboxylic acid groups (broad SMARTS) is 1. The highest BCUT2D eigenvalue weighted by molar-refractivity contribution is 5.99. The highest BCUT2D eigenvalue weighted by atomic mass is 16.6. The lowest BCUT2D eigenvalue weighted by atomic mass is 10.1. The number of carboxylic acids is 1. The van der Waals surface area contributed by atoms with Crippen molar-refractivity contribution in [3.05, 3.63) is 148 Å². The number of aromatic hydroxyl groups is 10. The minimum atomic E-state index is -1.58. The van der Waals surface area contributed by atoms with E-state index in [1.807, 2.05) is 30.3 Å². The van der Waals surface area contributed by atoms with Crippen molar-refractivity contribution in [2.75, 3.05) is 0 Å². The number of carbonyl (C=O) groups excluding carboxylic acids is 5. The van der Waals surface area contributed by atoms with Crippen LogP contribution in [0.4, 0.5) is 0 Å². The van der Waals surface area contributed by atoms with Crippen LogP contribution in [0.25, 0.3) is 0 Å². The van der Waals surface area contributed by atoms with E-state index in [1.165, 1.54) is 6.07 Å². The Labute approximate surface area is 395 Å². The van der Waals surface area contributed by atoms with Gasteiger partial charge in [0, 0.05) is 6.20 Å². The van der Waals surface area contributed by atoms with Crippen molar-refractivity contribution in [1.82, 2.24) is 4.98 Å². The number of esters is 5. The molecule has 0 unspecified atom stereocenters. The number of aromatic nitrogens is 1. The van der Waals surface area contributed by atoms with Crippen molar-refractivity contribution >= 4 is 35.8 Å². The molecule has 7 aromatic rings. The van der Waals surface area contributed by atoms with Gasteiger partial charge in [-0.15, -0.1) is 0 Å². The van der Waals surface area contributed by atoms with Crippen LogP contribution in [0.15, 0.2) is 103 Å². The molecule has 0 radical (unpaired) electrons. The second kappa shape index (κ2) is 19.7. The Hall–Kier alpha value is -10.6. The number of aryl methyl sites for hydroxylation is 2. The fourth-order valence-corrected chi connectivity index (χ4v) is 6.37. The first kappa shape index (κ1) is 48.4. The predicted octanol–water partition coefficient (Wildman–Crippen LogP) is 5.65. The van der Waals surface area contributed by atoms with Gasteiger partial charge in [-0.25, -0.2) is 28.8 Å². The topological polar surface area (TPSA) is 387 Å². The first-order valence-electron chi connectivity index (χ1n) is 20.0. The smallest absolute Gasteiger partial charge is 0.360 e. The summed E-state index contributed by atoms with van der Waals surface area (Å²) in [4.78, 5) is 79.9. The molecule has 0 aliphatic rings. The molecule has 0 aliphatic heterocycles. The largest absolute Gasteiger partial charge is 0.504 e. The van der Waals surface area contributed by atoms with E-state index in [0.717, 1.165) is 17.2 Å². The van der Waals surface area contributed by atoms with Crippen LogP contribution in [0.3, 0.4) is 0 Å².